The van der Waals surface area contributed by atoms with E-state index in [1.54, 1.807) is 6.07 Å². The first-order chi connectivity index (χ1) is 11.6. The average Bonchev–Trinajstić information content (AvgIpc) is 3.03. The Morgan fingerprint density at radius 2 is 1.92 bits per heavy atom. The standard InChI is InChI=1S/C20H25N3O.2ClH/c1-15-9-10-17(21)12-19(15)20(24)22-13-18-8-5-11-23(18)14-16-6-3-2-4-7-16;;/h2-4,6-7,9-10,12,18H,5,8,11,13-14,21H2,1H3,(H,22,24);2*1H. The van der Waals surface area contributed by atoms with Crippen LogP contribution in [0.15, 0.2) is 48.5 Å². The molecule has 0 aliphatic carbocycles. The van der Waals surface area contributed by atoms with Crippen LogP contribution in [0.4, 0.5) is 5.69 Å². The summed E-state index contributed by atoms with van der Waals surface area (Å²) >= 11 is 0. The maximum Gasteiger partial charge on any atom is 0.251 e. The molecule has 3 N–H and O–H groups in total. The summed E-state index contributed by atoms with van der Waals surface area (Å²) in [5, 5.41) is 3.09. The second-order valence-corrected chi connectivity index (χ2v) is 6.54. The molecule has 1 heterocycles. The van der Waals surface area contributed by atoms with Gasteiger partial charge in [-0.05, 0) is 49.6 Å². The molecule has 1 unspecified atom stereocenters. The third-order valence-electron chi connectivity index (χ3n) is 4.73. The number of nitrogens with one attached hydrogen (secondary N) is 1. The fraction of sp³-hybridized carbons (Fsp3) is 0.350. The van der Waals surface area contributed by atoms with Crippen LogP contribution in [-0.2, 0) is 6.54 Å². The normalized spacial score (nSPS) is 16.4. The molecule has 6 heteroatoms. The van der Waals surface area contributed by atoms with Crippen molar-refractivity contribution in [2.45, 2.75) is 32.4 Å². The number of carbonyl (C=O) groups is 1. The van der Waals surface area contributed by atoms with Gasteiger partial charge in [-0.1, -0.05) is 36.4 Å². The highest BCUT2D eigenvalue weighted by Crippen LogP contribution is 2.20. The number of hydrogen-bond acceptors (Lipinski definition) is 3. The van der Waals surface area contributed by atoms with Crippen LogP contribution in [0.1, 0.15) is 34.3 Å². The van der Waals surface area contributed by atoms with Gasteiger partial charge in [0.2, 0.25) is 0 Å². The molecule has 1 amide bonds. The first kappa shape index (κ1) is 22.3. The first-order valence-electron chi connectivity index (χ1n) is 8.56. The Labute approximate surface area is 168 Å². The minimum Gasteiger partial charge on any atom is -0.399 e. The van der Waals surface area contributed by atoms with E-state index in [1.807, 2.05) is 25.1 Å². The predicted molar refractivity (Wildman–Crippen MR) is 112 cm³/mol. The summed E-state index contributed by atoms with van der Waals surface area (Å²) in [6.07, 6.45) is 2.31. The van der Waals surface area contributed by atoms with Crippen molar-refractivity contribution in [2.24, 2.45) is 0 Å². The van der Waals surface area contributed by atoms with Gasteiger partial charge < -0.3 is 11.1 Å². The maximum atomic E-state index is 12.5. The summed E-state index contributed by atoms with van der Waals surface area (Å²) in [7, 11) is 0. The topological polar surface area (TPSA) is 58.4 Å². The molecule has 3 rings (SSSR count). The number of amides is 1. The fourth-order valence-corrected chi connectivity index (χ4v) is 3.34. The highest BCUT2D eigenvalue weighted by molar-refractivity contribution is 5.96. The van der Waals surface area contributed by atoms with Gasteiger partial charge in [0.25, 0.3) is 5.91 Å². The van der Waals surface area contributed by atoms with Gasteiger partial charge in [-0.15, -0.1) is 24.8 Å². The van der Waals surface area contributed by atoms with Gasteiger partial charge in [0.15, 0.2) is 0 Å². The summed E-state index contributed by atoms with van der Waals surface area (Å²) < 4.78 is 0. The minimum absolute atomic E-state index is 0. The molecular formula is C20H27Cl2N3O. The van der Waals surface area contributed by atoms with Crippen LogP contribution >= 0.6 is 24.8 Å². The Balaban J connectivity index is 0.00000169. The number of benzene rings is 2. The number of aryl methyl sites for hydroxylation is 1. The molecule has 1 atom stereocenters. The molecule has 2 aromatic rings. The SMILES string of the molecule is Cc1ccc(N)cc1C(=O)NCC1CCCN1Cc1ccccc1.Cl.Cl. The molecule has 0 saturated carbocycles. The molecular weight excluding hydrogens is 369 g/mol. The van der Waals surface area contributed by atoms with Crippen molar-refractivity contribution >= 4 is 36.4 Å². The number of nitrogens with two attached hydrogens (primary N) is 1. The highest BCUT2D eigenvalue weighted by Gasteiger charge is 2.25. The zero-order valence-corrected chi connectivity index (χ0v) is 16.6. The van der Waals surface area contributed by atoms with Gasteiger partial charge >= 0.3 is 0 Å². The summed E-state index contributed by atoms with van der Waals surface area (Å²) in [5.74, 6) is -0.0358. The van der Waals surface area contributed by atoms with E-state index in [2.05, 4.69) is 34.5 Å². The lowest BCUT2D eigenvalue weighted by Crippen LogP contribution is -2.40. The summed E-state index contributed by atoms with van der Waals surface area (Å²) in [6, 6.07) is 16.4. The number of anilines is 1. The van der Waals surface area contributed by atoms with Crippen LogP contribution < -0.4 is 11.1 Å². The molecule has 2 aromatic carbocycles. The van der Waals surface area contributed by atoms with Crippen molar-refractivity contribution in [1.29, 1.82) is 0 Å². The lowest BCUT2D eigenvalue weighted by atomic mass is 10.1. The van der Waals surface area contributed by atoms with E-state index < -0.39 is 0 Å². The maximum absolute atomic E-state index is 12.5. The van der Waals surface area contributed by atoms with Crippen molar-refractivity contribution in [2.75, 3.05) is 18.8 Å². The van der Waals surface area contributed by atoms with Crippen LogP contribution in [0.3, 0.4) is 0 Å². The Bertz CT molecular complexity index is 709. The molecule has 4 nitrogen and oxygen atoms in total. The Kier molecular flexibility index (Phi) is 8.93. The molecule has 1 aliphatic rings. The second kappa shape index (κ2) is 10.4. The van der Waals surface area contributed by atoms with Gasteiger partial charge in [0.1, 0.15) is 0 Å². The molecule has 26 heavy (non-hydrogen) atoms. The third kappa shape index (κ3) is 5.63. The minimum atomic E-state index is -0.0358. The van der Waals surface area contributed by atoms with Crippen molar-refractivity contribution in [3.63, 3.8) is 0 Å². The fourth-order valence-electron chi connectivity index (χ4n) is 3.34. The van der Waals surface area contributed by atoms with Crippen LogP contribution in [0.5, 0.6) is 0 Å². The summed E-state index contributed by atoms with van der Waals surface area (Å²) in [6.45, 7) is 4.65. The van der Waals surface area contributed by atoms with Gasteiger partial charge in [0.05, 0.1) is 0 Å². The number of nitrogen functional groups attached to an aromatic ring is 1. The third-order valence-corrected chi connectivity index (χ3v) is 4.73. The molecule has 0 aromatic heterocycles. The number of carbonyl (C=O) groups excluding carboxylic acids is 1. The quantitative estimate of drug-likeness (QED) is 0.756. The van der Waals surface area contributed by atoms with Crippen LogP contribution in [0.2, 0.25) is 0 Å². The second-order valence-electron chi connectivity index (χ2n) is 6.54. The number of hydrogen-bond donors (Lipinski definition) is 2. The van der Waals surface area contributed by atoms with E-state index in [-0.39, 0.29) is 30.7 Å². The lowest BCUT2D eigenvalue weighted by Gasteiger charge is -2.25. The largest absolute Gasteiger partial charge is 0.399 e. The van der Waals surface area contributed by atoms with Gasteiger partial charge in [-0.25, -0.2) is 0 Å². The molecule has 1 saturated heterocycles. The van der Waals surface area contributed by atoms with E-state index in [0.717, 1.165) is 25.1 Å². The van der Waals surface area contributed by atoms with E-state index in [0.29, 0.717) is 23.8 Å². The van der Waals surface area contributed by atoms with E-state index in [4.69, 9.17) is 5.73 Å². The average molecular weight is 396 g/mol. The Hall–Kier alpha value is -1.75. The highest BCUT2D eigenvalue weighted by atomic mass is 35.5. The van der Waals surface area contributed by atoms with E-state index in [9.17, 15) is 4.79 Å². The van der Waals surface area contributed by atoms with E-state index >= 15 is 0 Å². The van der Waals surface area contributed by atoms with Crippen molar-refractivity contribution in [1.82, 2.24) is 10.2 Å². The Morgan fingerprint density at radius 1 is 1.19 bits per heavy atom. The number of nitrogens with zero attached hydrogens (tertiary/aromatic N) is 1. The molecule has 1 aliphatic heterocycles. The number of rotatable bonds is 5. The molecule has 0 spiro atoms. The zero-order valence-electron chi connectivity index (χ0n) is 15.0. The first-order valence-corrected chi connectivity index (χ1v) is 8.56. The number of halogens is 2. The van der Waals surface area contributed by atoms with Crippen LogP contribution in [0, 0.1) is 6.92 Å². The molecule has 0 radical (unpaired) electrons. The van der Waals surface area contributed by atoms with Gasteiger partial charge in [-0.3, -0.25) is 9.69 Å². The molecule has 1 fully saturated rings. The van der Waals surface area contributed by atoms with Crippen molar-refractivity contribution in [3.8, 4) is 0 Å². The lowest BCUT2D eigenvalue weighted by molar-refractivity contribution is 0.0939. The molecule has 0 bridgehead atoms. The van der Waals surface area contributed by atoms with Crippen LogP contribution in [-0.4, -0.2) is 29.9 Å². The van der Waals surface area contributed by atoms with Crippen molar-refractivity contribution in [3.05, 3.63) is 65.2 Å². The van der Waals surface area contributed by atoms with E-state index in [1.165, 1.54) is 12.0 Å². The summed E-state index contributed by atoms with van der Waals surface area (Å²) in [5.41, 5.74) is 9.37. The smallest absolute Gasteiger partial charge is 0.251 e. The van der Waals surface area contributed by atoms with Gasteiger partial charge in [0, 0.05) is 30.4 Å². The summed E-state index contributed by atoms with van der Waals surface area (Å²) in [4.78, 5) is 14.9. The van der Waals surface area contributed by atoms with Crippen molar-refractivity contribution < 1.29 is 4.79 Å². The zero-order chi connectivity index (χ0) is 16.9. The Morgan fingerprint density at radius 3 is 2.65 bits per heavy atom. The monoisotopic (exact) mass is 395 g/mol. The number of likely N-dealkylation sites (tertiary alicyclic amines) is 1. The van der Waals surface area contributed by atoms with Gasteiger partial charge in [-0.2, -0.15) is 0 Å². The predicted octanol–water partition coefficient (Wildman–Crippen LogP) is 3.82. The molecule has 142 valence electrons. The van der Waals surface area contributed by atoms with Crippen LogP contribution in [0.25, 0.3) is 0 Å².